The van der Waals surface area contributed by atoms with Crippen molar-refractivity contribution in [2.24, 2.45) is 0 Å². The summed E-state index contributed by atoms with van der Waals surface area (Å²) < 4.78 is 0. The lowest BCUT2D eigenvalue weighted by Crippen LogP contribution is -2.08. The molecular formula is C19H17P. The van der Waals surface area contributed by atoms with Gasteiger partial charge in [0.1, 0.15) is 0 Å². The molecule has 0 saturated carbocycles. The second-order valence-corrected chi connectivity index (χ2v) is 6.18. The summed E-state index contributed by atoms with van der Waals surface area (Å²) in [5.41, 5.74) is 4.01. The molecule has 1 heteroatoms. The molecular weight excluding hydrogens is 259 g/mol. The van der Waals surface area contributed by atoms with E-state index in [1.807, 2.05) is 0 Å². The molecule has 1 unspecified atom stereocenters. The molecule has 0 aliphatic rings. The van der Waals surface area contributed by atoms with Gasteiger partial charge in [0.05, 0.1) is 0 Å². The molecule has 0 aliphatic carbocycles. The third-order valence-corrected chi connectivity index (χ3v) is 4.96. The molecule has 1 atom stereocenters. The van der Waals surface area contributed by atoms with E-state index in [0.717, 1.165) is 0 Å². The lowest BCUT2D eigenvalue weighted by Gasteiger charge is -2.11. The molecule has 0 bridgehead atoms. The van der Waals surface area contributed by atoms with E-state index in [1.165, 1.54) is 27.3 Å². The quantitative estimate of drug-likeness (QED) is 0.626. The van der Waals surface area contributed by atoms with Gasteiger partial charge < -0.3 is 0 Å². The molecule has 0 aliphatic heterocycles. The summed E-state index contributed by atoms with van der Waals surface area (Å²) in [6.07, 6.45) is 0. The summed E-state index contributed by atoms with van der Waals surface area (Å²) >= 11 is 0. The number of benzene rings is 3. The largest absolute Gasteiger partial charge is 0.0622 e. The molecule has 0 spiro atoms. The minimum absolute atomic E-state index is 0.700. The molecule has 0 radical (unpaired) electrons. The van der Waals surface area contributed by atoms with E-state index in [1.54, 1.807) is 0 Å². The summed E-state index contributed by atoms with van der Waals surface area (Å²) in [6, 6.07) is 28.0. The van der Waals surface area contributed by atoms with E-state index in [4.69, 9.17) is 0 Å². The predicted octanol–water partition coefficient (Wildman–Crippen LogP) is 4.29. The molecule has 3 rings (SSSR count). The molecule has 20 heavy (non-hydrogen) atoms. The van der Waals surface area contributed by atoms with E-state index in [-0.39, 0.29) is 0 Å². The van der Waals surface area contributed by atoms with E-state index in [0.29, 0.717) is 8.58 Å². The first kappa shape index (κ1) is 13.1. The molecule has 0 aromatic heterocycles. The lowest BCUT2D eigenvalue weighted by molar-refractivity contribution is 1.52. The van der Waals surface area contributed by atoms with Crippen molar-refractivity contribution in [2.75, 3.05) is 0 Å². The van der Waals surface area contributed by atoms with Crippen molar-refractivity contribution in [1.29, 1.82) is 0 Å². The molecule has 98 valence electrons. The van der Waals surface area contributed by atoms with Gasteiger partial charge in [-0.05, 0) is 34.2 Å². The van der Waals surface area contributed by atoms with Crippen LogP contribution in [-0.4, -0.2) is 0 Å². The maximum atomic E-state index is 2.24. The highest BCUT2D eigenvalue weighted by Crippen LogP contribution is 2.23. The van der Waals surface area contributed by atoms with Crippen LogP contribution in [0.3, 0.4) is 0 Å². The van der Waals surface area contributed by atoms with E-state index in [9.17, 15) is 0 Å². The highest BCUT2D eigenvalue weighted by Gasteiger charge is 2.06. The Balaban J connectivity index is 2.01. The standard InChI is InChI=1S/C19H17P/c1-15-9-5-7-13-18(15)20-19-14-8-6-12-17(19)16-10-3-2-4-11-16/h2-14,20H,1H3. The molecule has 0 fully saturated rings. The van der Waals surface area contributed by atoms with Crippen LogP contribution in [0.5, 0.6) is 0 Å². The first-order chi connectivity index (χ1) is 9.84. The minimum Gasteiger partial charge on any atom is -0.0622 e. The van der Waals surface area contributed by atoms with Gasteiger partial charge in [-0.15, -0.1) is 0 Å². The second kappa shape index (κ2) is 6.03. The molecule has 0 amide bonds. The van der Waals surface area contributed by atoms with Gasteiger partial charge in [-0.1, -0.05) is 87.4 Å². The fourth-order valence-electron chi connectivity index (χ4n) is 2.32. The Morgan fingerprint density at radius 2 is 1.20 bits per heavy atom. The Labute approximate surface area is 122 Å². The van der Waals surface area contributed by atoms with Crippen LogP contribution in [0.1, 0.15) is 5.56 Å². The van der Waals surface area contributed by atoms with Crippen LogP contribution in [0.15, 0.2) is 78.9 Å². The second-order valence-electron chi connectivity index (χ2n) is 4.85. The van der Waals surface area contributed by atoms with Crippen molar-refractivity contribution < 1.29 is 0 Å². The zero-order chi connectivity index (χ0) is 13.8. The zero-order valence-corrected chi connectivity index (χ0v) is 12.5. The highest BCUT2D eigenvalue weighted by atomic mass is 31.1. The fourth-order valence-corrected chi connectivity index (χ4v) is 3.61. The van der Waals surface area contributed by atoms with Crippen molar-refractivity contribution in [2.45, 2.75) is 6.92 Å². The Morgan fingerprint density at radius 3 is 1.95 bits per heavy atom. The zero-order valence-electron chi connectivity index (χ0n) is 11.5. The number of rotatable bonds is 3. The van der Waals surface area contributed by atoms with Gasteiger partial charge in [0, 0.05) is 0 Å². The lowest BCUT2D eigenvalue weighted by atomic mass is 10.1. The molecule has 0 N–H and O–H groups in total. The van der Waals surface area contributed by atoms with Crippen LogP contribution >= 0.6 is 8.58 Å². The van der Waals surface area contributed by atoms with Crippen LogP contribution in [0, 0.1) is 6.92 Å². The van der Waals surface area contributed by atoms with Gasteiger partial charge in [-0.2, -0.15) is 0 Å². The minimum atomic E-state index is 0.700. The summed E-state index contributed by atoms with van der Waals surface area (Å²) in [4.78, 5) is 0. The van der Waals surface area contributed by atoms with Gasteiger partial charge >= 0.3 is 0 Å². The van der Waals surface area contributed by atoms with Crippen molar-refractivity contribution in [1.82, 2.24) is 0 Å². The summed E-state index contributed by atoms with van der Waals surface area (Å²) in [5.74, 6) is 0. The van der Waals surface area contributed by atoms with Gasteiger partial charge in [0.2, 0.25) is 0 Å². The van der Waals surface area contributed by atoms with Crippen LogP contribution < -0.4 is 10.6 Å². The molecule has 3 aromatic rings. The van der Waals surface area contributed by atoms with Crippen molar-refractivity contribution in [3.05, 3.63) is 84.4 Å². The van der Waals surface area contributed by atoms with Gasteiger partial charge in [-0.3, -0.25) is 0 Å². The fraction of sp³-hybridized carbons (Fsp3) is 0.0526. The monoisotopic (exact) mass is 276 g/mol. The highest BCUT2D eigenvalue weighted by molar-refractivity contribution is 7.56. The van der Waals surface area contributed by atoms with Crippen LogP contribution in [0.2, 0.25) is 0 Å². The van der Waals surface area contributed by atoms with Crippen molar-refractivity contribution in [3.8, 4) is 11.1 Å². The third-order valence-electron chi connectivity index (χ3n) is 3.43. The van der Waals surface area contributed by atoms with Crippen molar-refractivity contribution in [3.63, 3.8) is 0 Å². The Bertz CT molecular complexity index is 702. The van der Waals surface area contributed by atoms with Gasteiger partial charge in [0.15, 0.2) is 0 Å². The average molecular weight is 276 g/mol. The Morgan fingerprint density at radius 1 is 0.600 bits per heavy atom. The normalized spacial score (nSPS) is 11.1. The van der Waals surface area contributed by atoms with Crippen LogP contribution in [-0.2, 0) is 0 Å². The summed E-state index contributed by atoms with van der Waals surface area (Å²) in [6.45, 7) is 2.19. The van der Waals surface area contributed by atoms with E-state index < -0.39 is 0 Å². The number of hydrogen-bond acceptors (Lipinski definition) is 0. The van der Waals surface area contributed by atoms with Crippen molar-refractivity contribution >= 4 is 19.2 Å². The maximum Gasteiger partial charge on any atom is -0.0106 e. The summed E-state index contributed by atoms with van der Waals surface area (Å²) in [5, 5.41) is 2.84. The molecule has 0 nitrogen and oxygen atoms in total. The average Bonchev–Trinajstić information content (AvgIpc) is 2.51. The van der Waals surface area contributed by atoms with Gasteiger partial charge in [0.25, 0.3) is 0 Å². The number of hydrogen-bond donors (Lipinski definition) is 0. The van der Waals surface area contributed by atoms with Crippen LogP contribution in [0.25, 0.3) is 11.1 Å². The maximum absolute atomic E-state index is 2.24. The number of aryl methyl sites for hydroxylation is 1. The predicted molar refractivity (Wildman–Crippen MR) is 90.6 cm³/mol. The SMILES string of the molecule is Cc1ccccc1Pc1ccccc1-c1ccccc1. The van der Waals surface area contributed by atoms with E-state index >= 15 is 0 Å². The molecule has 3 aromatic carbocycles. The first-order valence-corrected chi connectivity index (χ1v) is 7.82. The first-order valence-electron chi connectivity index (χ1n) is 6.82. The molecule has 0 saturated heterocycles. The topological polar surface area (TPSA) is 0 Å². The van der Waals surface area contributed by atoms with Gasteiger partial charge in [-0.25, -0.2) is 0 Å². The third kappa shape index (κ3) is 2.81. The van der Waals surface area contributed by atoms with E-state index in [2.05, 4.69) is 85.8 Å². The molecule has 0 heterocycles. The van der Waals surface area contributed by atoms with Crippen LogP contribution in [0.4, 0.5) is 0 Å². The summed E-state index contributed by atoms with van der Waals surface area (Å²) in [7, 11) is 0.700. The smallest absolute Gasteiger partial charge is 0.0106 e. The Kier molecular flexibility index (Phi) is 3.95. The Hall–Kier alpha value is -1.91.